The zero-order valence-electron chi connectivity index (χ0n) is 29.0. The van der Waals surface area contributed by atoms with Crippen molar-refractivity contribution in [3.8, 4) is 0 Å². The molecule has 4 atom stereocenters. The Hall–Kier alpha value is -3.30. The number of Topliss-reactive ketones (excluding diaryl/α,β-unsaturated/α-hetero) is 1. The van der Waals surface area contributed by atoms with E-state index in [1.807, 2.05) is 13.8 Å². The van der Waals surface area contributed by atoms with Gasteiger partial charge in [-0.3, -0.25) is 24.0 Å². The molecule has 15 heteroatoms. The van der Waals surface area contributed by atoms with E-state index in [1.54, 1.807) is 27.7 Å². The summed E-state index contributed by atoms with van der Waals surface area (Å²) >= 11 is 0. The highest BCUT2D eigenvalue weighted by atomic mass is 16.5. The maximum absolute atomic E-state index is 13.0. The molecule has 0 saturated carbocycles. The van der Waals surface area contributed by atoms with Gasteiger partial charge in [0.25, 0.3) is 0 Å². The molecule has 0 radical (unpaired) electrons. The Labute approximate surface area is 278 Å². The molecule has 270 valence electrons. The molecule has 0 aromatic heterocycles. The third-order valence-corrected chi connectivity index (χ3v) is 7.70. The average Bonchev–Trinajstić information content (AvgIpc) is 3.24. The van der Waals surface area contributed by atoms with Gasteiger partial charge in [-0.1, -0.05) is 41.5 Å². The van der Waals surface area contributed by atoms with Crippen LogP contribution in [0.1, 0.15) is 80.1 Å². The Balaban J connectivity index is 2.28. The fourth-order valence-corrected chi connectivity index (χ4v) is 5.20. The lowest BCUT2D eigenvalue weighted by Gasteiger charge is -2.26. The predicted molar refractivity (Wildman–Crippen MR) is 175 cm³/mol. The van der Waals surface area contributed by atoms with Crippen LogP contribution in [0.25, 0.3) is 0 Å². The number of hydrogen-bond donors (Lipinski definition) is 6. The van der Waals surface area contributed by atoms with E-state index < -0.39 is 30.2 Å². The molecule has 6 amide bonds. The van der Waals surface area contributed by atoms with Gasteiger partial charge in [-0.25, -0.2) is 4.79 Å². The van der Waals surface area contributed by atoms with Crippen LogP contribution in [-0.2, 0) is 33.4 Å². The van der Waals surface area contributed by atoms with E-state index in [4.69, 9.17) is 15.2 Å². The maximum atomic E-state index is 13.0. The number of amides is 6. The van der Waals surface area contributed by atoms with Crippen LogP contribution < -0.4 is 27.0 Å². The lowest BCUT2D eigenvalue weighted by molar-refractivity contribution is -0.136. The van der Waals surface area contributed by atoms with Gasteiger partial charge in [-0.2, -0.15) is 0 Å². The minimum atomic E-state index is -0.852. The van der Waals surface area contributed by atoms with Crippen molar-refractivity contribution in [3.05, 3.63) is 0 Å². The Morgan fingerprint density at radius 2 is 1.55 bits per heavy atom. The smallest absolute Gasteiger partial charge is 0.312 e. The molecule has 1 aliphatic rings. The first kappa shape index (κ1) is 41.7. The summed E-state index contributed by atoms with van der Waals surface area (Å²) in [5.41, 5.74) is 5.07. The Morgan fingerprint density at radius 3 is 2.15 bits per heavy atom. The van der Waals surface area contributed by atoms with Crippen molar-refractivity contribution in [2.45, 2.75) is 98.4 Å². The minimum absolute atomic E-state index is 0.0200. The molecule has 1 heterocycles. The molecule has 0 aromatic carbocycles. The van der Waals surface area contributed by atoms with Gasteiger partial charge >= 0.3 is 6.03 Å². The van der Waals surface area contributed by atoms with Crippen LogP contribution >= 0.6 is 0 Å². The second kappa shape index (κ2) is 22.3. The van der Waals surface area contributed by atoms with Crippen molar-refractivity contribution in [2.75, 3.05) is 46.1 Å². The highest BCUT2D eigenvalue weighted by molar-refractivity contribution is 5.93. The summed E-state index contributed by atoms with van der Waals surface area (Å²) in [4.78, 5) is 75.2. The van der Waals surface area contributed by atoms with Gasteiger partial charge in [-0.05, 0) is 31.1 Å². The van der Waals surface area contributed by atoms with E-state index in [9.17, 15) is 33.9 Å². The molecule has 0 aliphatic carbocycles. The summed E-state index contributed by atoms with van der Waals surface area (Å²) < 4.78 is 10.9. The zero-order valence-corrected chi connectivity index (χ0v) is 29.0. The number of urea groups is 1. The first-order chi connectivity index (χ1) is 22.1. The third kappa shape index (κ3) is 16.9. The number of hydrogen-bond acceptors (Lipinski definition) is 9. The number of nitrogens with zero attached hydrogens (tertiary/aromatic N) is 1. The molecule has 47 heavy (non-hydrogen) atoms. The molecular weight excluding hydrogens is 612 g/mol. The van der Waals surface area contributed by atoms with E-state index in [0.29, 0.717) is 25.2 Å². The summed E-state index contributed by atoms with van der Waals surface area (Å²) in [7, 11) is 0. The van der Waals surface area contributed by atoms with Gasteiger partial charge in [-0.15, -0.1) is 0 Å². The molecule has 1 aliphatic heterocycles. The van der Waals surface area contributed by atoms with Gasteiger partial charge < -0.3 is 46.5 Å². The number of carbonyl (C=O) groups excluding carboxylic acids is 6. The van der Waals surface area contributed by atoms with Gasteiger partial charge in [0, 0.05) is 50.7 Å². The number of ketones is 1. The van der Waals surface area contributed by atoms with Crippen LogP contribution in [0.2, 0.25) is 0 Å². The van der Waals surface area contributed by atoms with Crippen molar-refractivity contribution in [1.29, 1.82) is 0 Å². The second-order valence-corrected chi connectivity index (χ2v) is 13.0. The van der Waals surface area contributed by atoms with E-state index in [1.165, 1.54) is 4.90 Å². The number of aliphatic hydroxyl groups excluding tert-OH is 1. The van der Waals surface area contributed by atoms with Gasteiger partial charge in [0.1, 0.15) is 12.3 Å². The monoisotopic (exact) mass is 670 g/mol. The molecular formula is C32H58N6O9. The molecule has 7 N–H and O–H groups in total. The fraction of sp³-hybridized carbons (Fsp3) is 0.812. The SMILES string of the molecule is CC(C)CC1C[C@H](O)N(CCC(=O)NCCOCCOCCC(=O)N[C@H](C(=O)N[C@@H](CCCNC(N)=O)C(=O)C(C)C)C(C)C)C1=O. The number of rotatable bonds is 24. The first-order valence-corrected chi connectivity index (χ1v) is 16.7. The number of primary amides is 1. The number of aliphatic hydroxyl groups is 1. The quantitative estimate of drug-likeness (QED) is 0.0784. The molecule has 0 aromatic rings. The van der Waals surface area contributed by atoms with Crippen molar-refractivity contribution >= 4 is 35.4 Å². The van der Waals surface area contributed by atoms with Crippen LogP contribution in [0.15, 0.2) is 0 Å². The van der Waals surface area contributed by atoms with E-state index in [-0.39, 0.29) is 100 Å². The van der Waals surface area contributed by atoms with Crippen molar-refractivity contribution in [1.82, 2.24) is 26.2 Å². The Morgan fingerprint density at radius 1 is 0.894 bits per heavy atom. The average molecular weight is 671 g/mol. The molecule has 1 saturated heterocycles. The van der Waals surface area contributed by atoms with Crippen molar-refractivity contribution in [2.24, 2.45) is 29.4 Å². The molecule has 0 spiro atoms. The molecule has 1 rings (SSSR count). The molecule has 0 bridgehead atoms. The number of likely N-dealkylation sites (tertiary alicyclic amines) is 1. The number of carbonyl (C=O) groups is 6. The highest BCUT2D eigenvalue weighted by Gasteiger charge is 2.38. The summed E-state index contributed by atoms with van der Waals surface area (Å²) in [6.07, 6.45) is 1.13. The fourth-order valence-electron chi connectivity index (χ4n) is 5.20. The molecule has 1 unspecified atom stereocenters. The van der Waals surface area contributed by atoms with Crippen LogP contribution in [0, 0.1) is 23.7 Å². The minimum Gasteiger partial charge on any atom is -0.379 e. The summed E-state index contributed by atoms with van der Waals surface area (Å²) in [6, 6.07) is -2.28. The number of ether oxygens (including phenoxy) is 2. The Bertz CT molecular complexity index is 1020. The second-order valence-electron chi connectivity index (χ2n) is 13.0. The zero-order chi connectivity index (χ0) is 35.5. The van der Waals surface area contributed by atoms with Gasteiger partial charge in [0.2, 0.25) is 23.6 Å². The van der Waals surface area contributed by atoms with Crippen LogP contribution in [0.4, 0.5) is 4.79 Å². The van der Waals surface area contributed by atoms with Crippen molar-refractivity contribution < 1.29 is 43.3 Å². The first-order valence-electron chi connectivity index (χ1n) is 16.7. The lowest BCUT2D eigenvalue weighted by Crippen LogP contribution is -2.54. The van der Waals surface area contributed by atoms with Crippen LogP contribution in [0.3, 0.4) is 0 Å². The van der Waals surface area contributed by atoms with Gasteiger partial charge in [0.05, 0.1) is 32.5 Å². The summed E-state index contributed by atoms with van der Waals surface area (Å²) in [5.74, 6) is -1.72. The van der Waals surface area contributed by atoms with Crippen molar-refractivity contribution in [3.63, 3.8) is 0 Å². The number of nitrogens with two attached hydrogens (primary N) is 1. The normalized spacial score (nSPS) is 17.6. The summed E-state index contributed by atoms with van der Waals surface area (Å²) in [6.45, 7) is 12.7. The van der Waals surface area contributed by atoms with E-state index in [2.05, 4.69) is 21.3 Å². The Kier molecular flexibility index (Phi) is 19.8. The molecule has 15 nitrogen and oxygen atoms in total. The summed E-state index contributed by atoms with van der Waals surface area (Å²) in [5, 5.41) is 20.9. The lowest BCUT2D eigenvalue weighted by atomic mass is 9.96. The third-order valence-electron chi connectivity index (χ3n) is 7.70. The van der Waals surface area contributed by atoms with Crippen LogP contribution in [-0.4, -0.2) is 110 Å². The van der Waals surface area contributed by atoms with E-state index in [0.717, 1.165) is 6.42 Å². The van der Waals surface area contributed by atoms with E-state index >= 15 is 0 Å². The number of nitrogens with one attached hydrogen (secondary N) is 4. The largest absolute Gasteiger partial charge is 0.379 e. The predicted octanol–water partition coefficient (Wildman–Crippen LogP) is 0.428. The molecule has 1 fully saturated rings. The van der Waals surface area contributed by atoms with Gasteiger partial charge in [0.15, 0.2) is 5.78 Å². The highest BCUT2D eigenvalue weighted by Crippen LogP contribution is 2.28. The standard InChI is InChI=1S/C32H58N6O9/c1-20(2)18-23-19-27(41)38(31(23)44)13-9-25(39)34-12-15-47-17-16-46-14-10-26(40)37-28(21(3)4)30(43)36-24(29(42)22(5)6)8-7-11-35-32(33)45/h20-24,27-28,41H,7-19H2,1-6H3,(H,34,39)(H,36,43)(H,37,40)(H3,33,35,45)/t23?,24-,27-,28-/m0/s1. The van der Waals surface area contributed by atoms with Crippen LogP contribution in [0.5, 0.6) is 0 Å². The maximum Gasteiger partial charge on any atom is 0.312 e. The topological polar surface area (TPSA) is 218 Å².